The van der Waals surface area contributed by atoms with E-state index in [1.807, 2.05) is 31.2 Å². The summed E-state index contributed by atoms with van der Waals surface area (Å²) in [7, 11) is 0. The second-order valence-electron chi connectivity index (χ2n) is 5.16. The Labute approximate surface area is 123 Å². The van der Waals surface area contributed by atoms with Crippen molar-refractivity contribution < 1.29 is 4.79 Å². The number of nitrogens with one attached hydrogen (secondary N) is 2. The number of aromatic nitrogens is 2. The number of aromatic amines is 1. The molecule has 0 bridgehead atoms. The molecule has 106 valence electrons. The van der Waals surface area contributed by atoms with Gasteiger partial charge in [-0.3, -0.25) is 9.89 Å². The van der Waals surface area contributed by atoms with Crippen LogP contribution in [-0.4, -0.2) is 16.1 Å². The van der Waals surface area contributed by atoms with Crippen LogP contribution in [0.15, 0.2) is 30.5 Å². The van der Waals surface area contributed by atoms with Gasteiger partial charge >= 0.3 is 0 Å². The van der Waals surface area contributed by atoms with E-state index in [9.17, 15) is 4.79 Å². The first-order valence-corrected chi connectivity index (χ1v) is 6.93. The lowest BCUT2D eigenvalue weighted by Crippen LogP contribution is -2.31. The number of H-pyrrole nitrogens is 1. The van der Waals surface area contributed by atoms with Crippen molar-refractivity contribution in [3.05, 3.63) is 52.3 Å². The summed E-state index contributed by atoms with van der Waals surface area (Å²) in [5.41, 5.74) is 2.38. The minimum atomic E-state index is -0.120. The zero-order valence-corrected chi connectivity index (χ0v) is 12.5. The van der Waals surface area contributed by atoms with Gasteiger partial charge in [-0.15, -0.1) is 0 Å². The molecule has 1 heterocycles. The third kappa shape index (κ3) is 3.20. The van der Waals surface area contributed by atoms with E-state index in [2.05, 4.69) is 29.4 Å². The largest absolute Gasteiger partial charge is 0.345 e. The number of hydrogen-bond donors (Lipinski definition) is 2. The quantitative estimate of drug-likeness (QED) is 0.906. The highest BCUT2D eigenvalue weighted by Crippen LogP contribution is 2.23. The Morgan fingerprint density at radius 1 is 1.30 bits per heavy atom. The van der Waals surface area contributed by atoms with Gasteiger partial charge in [-0.05, 0) is 30.5 Å². The molecule has 1 atom stereocenters. The molecule has 1 unspecified atom stereocenters. The van der Waals surface area contributed by atoms with Crippen molar-refractivity contribution in [2.45, 2.75) is 26.8 Å². The molecule has 0 aliphatic rings. The van der Waals surface area contributed by atoms with Crippen molar-refractivity contribution in [1.82, 2.24) is 15.5 Å². The van der Waals surface area contributed by atoms with Gasteiger partial charge in [0.25, 0.3) is 5.91 Å². The van der Waals surface area contributed by atoms with Gasteiger partial charge < -0.3 is 5.32 Å². The summed E-state index contributed by atoms with van der Waals surface area (Å²) in [6.45, 7) is 5.97. The van der Waals surface area contributed by atoms with Gasteiger partial charge in [0.2, 0.25) is 0 Å². The average molecular weight is 292 g/mol. The summed E-state index contributed by atoms with van der Waals surface area (Å²) in [6.07, 6.45) is 1.55. The standard InChI is InChI=1S/C15H18ClN3O/c1-9(2)14(11-4-6-12(16)7-5-11)18-15(20)13-8-17-19-10(13)3/h4-9,14H,1-3H3,(H,17,19)(H,18,20). The fourth-order valence-corrected chi connectivity index (χ4v) is 2.23. The Kier molecular flexibility index (Phi) is 4.45. The fourth-order valence-electron chi connectivity index (χ4n) is 2.10. The maximum atomic E-state index is 12.3. The zero-order chi connectivity index (χ0) is 14.7. The Morgan fingerprint density at radius 2 is 1.95 bits per heavy atom. The molecule has 0 aliphatic heterocycles. The van der Waals surface area contributed by atoms with E-state index >= 15 is 0 Å². The van der Waals surface area contributed by atoms with Crippen LogP contribution in [0.25, 0.3) is 0 Å². The van der Waals surface area contributed by atoms with Crippen LogP contribution in [0.5, 0.6) is 0 Å². The van der Waals surface area contributed by atoms with Gasteiger partial charge in [-0.1, -0.05) is 37.6 Å². The molecule has 0 aliphatic carbocycles. The Morgan fingerprint density at radius 3 is 2.45 bits per heavy atom. The fraction of sp³-hybridized carbons (Fsp3) is 0.333. The SMILES string of the molecule is Cc1[nH]ncc1C(=O)NC(c1ccc(Cl)cc1)C(C)C. The molecule has 0 saturated heterocycles. The third-order valence-corrected chi connectivity index (χ3v) is 3.51. The van der Waals surface area contributed by atoms with Crippen LogP contribution < -0.4 is 5.32 Å². The lowest BCUT2D eigenvalue weighted by Gasteiger charge is -2.23. The highest BCUT2D eigenvalue weighted by atomic mass is 35.5. The van der Waals surface area contributed by atoms with Crippen molar-refractivity contribution >= 4 is 17.5 Å². The van der Waals surface area contributed by atoms with Crippen LogP contribution in [0.2, 0.25) is 5.02 Å². The maximum absolute atomic E-state index is 12.3. The summed E-state index contributed by atoms with van der Waals surface area (Å²) in [4.78, 5) is 12.3. The zero-order valence-electron chi connectivity index (χ0n) is 11.8. The van der Waals surface area contributed by atoms with Crippen LogP contribution in [0.4, 0.5) is 0 Å². The van der Waals surface area contributed by atoms with Gasteiger partial charge in [-0.2, -0.15) is 5.10 Å². The molecule has 1 aromatic heterocycles. The highest BCUT2D eigenvalue weighted by molar-refractivity contribution is 6.30. The Balaban J connectivity index is 2.20. The topological polar surface area (TPSA) is 57.8 Å². The van der Waals surface area contributed by atoms with Crippen LogP contribution >= 0.6 is 11.6 Å². The average Bonchev–Trinajstić information content (AvgIpc) is 2.83. The molecule has 20 heavy (non-hydrogen) atoms. The summed E-state index contributed by atoms with van der Waals surface area (Å²) >= 11 is 5.90. The first kappa shape index (κ1) is 14.6. The lowest BCUT2D eigenvalue weighted by molar-refractivity contribution is 0.0925. The first-order chi connectivity index (χ1) is 9.49. The summed E-state index contributed by atoms with van der Waals surface area (Å²) in [5, 5.41) is 10.4. The third-order valence-electron chi connectivity index (χ3n) is 3.26. The van der Waals surface area contributed by atoms with E-state index in [1.165, 1.54) is 0 Å². The van der Waals surface area contributed by atoms with E-state index in [-0.39, 0.29) is 17.9 Å². The Hall–Kier alpha value is -1.81. The summed E-state index contributed by atoms with van der Waals surface area (Å²) < 4.78 is 0. The van der Waals surface area contributed by atoms with E-state index < -0.39 is 0 Å². The molecular formula is C15H18ClN3O. The second-order valence-corrected chi connectivity index (χ2v) is 5.59. The number of carbonyl (C=O) groups excluding carboxylic acids is 1. The molecule has 2 N–H and O–H groups in total. The van der Waals surface area contributed by atoms with E-state index in [1.54, 1.807) is 6.20 Å². The van der Waals surface area contributed by atoms with Gasteiger partial charge in [0, 0.05) is 10.7 Å². The molecule has 2 rings (SSSR count). The van der Waals surface area contributed by atoms with E-state index in [0.29, 0.717) is 10.6 Å². The molecule has 5 heteroatoms. The molecule has 2 aromatic rings. The summed E-state index contributed by atoms with van der Waals surface area (Å²) in [5.74, 6) is 0.150. The van der Waals surface area contributed by atoms with Gasteiger partial charge in [0.1, 0.15) is 0 Å². The van der Waals surface area contributed by atoms with Gasteiger partial charge in [0.05, 0.1) is 17.8 Å². The van der Waals surface area contributed by atoms with Crippen LogP contribution in [-0.2, 0) is 0 Å². The maximum Gasteiger partial charge on any atom is 0.255 e. The number of carbonyl (C=O) groups is 1. The van der Waals surface area contributed by atoms with E-state index in [0.717, 1.165) is 11.3 Å². The predicted molar refractivity (Wildman–Crippen MR) is 79.8 cm³/mol. The molecule has 0 saturated carbocycles. The van der Waals surface area contributed by atoms with Crippen LogP contribution in [0.3, 0.4) is 0 Å². The number of halogens is 1. The summed E-state index contributed by atoms with van der Waals surface area (Å²) in [6, 6.07) is 7.49. The van der Waals surface area contributed by atoms with Gasteiger partial charge in [-0.25, -0.2) is 0 Å². The minimum absolute atomic E-state index is 0.0610. The van der Waals surface area contributed by atoms with E-state index in [4.69, 9.17) is 11.6 Å². The molecular weight excluding hydrogens is 274 g/mol. The molecule has 1 aromatic carbocycles. The van der Waals surface area contributed by atoms with Crippen molar-refractivity contribution in [3.8, 4) is 0 Å². The number of nitrogens with zero attached hydrogens (tertiary/aromatic N) is 1. The monoisotopic (exact) mass is 291 g/mol. The number of hydrogen-bond acceptors (Lipinski definition) is 2. The first-order valence-electron chi connectivity index (χ1n) is 6.55. The molecule has 0 fully saturated rings. The van der Waals surface area contributed by atoms with Gasteiger partial charge in [0.15, 0.2) is 0 Å². The van der Waals surface area contributed by atoms with Crippen LogP contribution in [0.1, 0.15) is 41.5 Å². The molecule has 4 nitrogen and oxygen atoms in total. The number of rotatable bonds is 4. The number of aryl methyl sites for hydroxylation is 1. The normalized spacial score (nSPS) is 12.4. The van der Waals surface area contributed by atoms with Crippen molar-refractivity contribution in [1.29, 1.82) is 0 Å². The van der Waals surface area contributed by atoms with Crippen molar-refractivity contribution in [2.75, 3.05) is 0 Å². The molecule has 1 amide bonds. The van der Waals surface area contributed by atoms with Crippen molar-refractivity contribution in [2.24, 2.45) is 5.92 Å². The number of benzene rings is 1. The smallest absolute Gasteiger partial charge is 0.255 e. The lowest BCUT2D eigenvalue weighted by atomic mass is 9.95. The van der Waals surface area contributed by atoms with Crippen molar-refractivity contribution in [3.63, 3.8) is 0 Å². The number of amides is 1. The van der Waals surface area contributed by atoms with Crippen LogP contribution in [0, 0.1) is 12.8 Å². The minimum Gasteiger partial charge on any atom is -0.345 e. The molecule has 0 radical (unpaired) electrons. The molecule has 0 spiro atoms. The second kappa shape index (κ2) is 6.09. The Bertz CT molecular complexity index is 589. The predicted octanol–water partition coefficient (Wildman–Crippen LogP) is 3.50. The highest BCUT2D eigenvalue weighted by Gasteiger charge is 2.20.